The molecular formula is C54H34N4O7. The summed E-state index contributed by atoms with van der Waals surface area (Å²) in [5.74, 6) is -5.08. The van der Waals surface area contributed by atoms with Gasteiger partial charge in [-0.3, -0.25) is 0 Å². The SMILES string of the molecule is CC1(C)c2ccccc2-c2cc3c4ccccc4n(-c4ccc5c(c4)oc4cccc(-c6nc(-c7c(O)c(O)c(O)c(O)c7O)nc(-c7cccc8oc9ccccc9c78)n6)c45)c3cc21. The number of phenols is 5. The summed E-state index contributed by atoms with van der Waals surface area (Å²) < 4.78 is 15.1. The van der Waals surface area contributed by atoms with Gasteiger partial charge in [0.25, 0.3) is 0 Å². The largest absolute Gasteiger partial charge is 0.504 e. The maximum atomic E-state index is 11.2. The minimum Gasteiger partial charge on any atom is -0.504 e. The van der Waals surface area contributed by atoms with E-state index < -0.39 is 34.3 Å². The zero-order valence-corrected chi connectivity index (χ0v) is 34.6. The number of aromatic nitrogens is 4. The van der Waals surface area contributed by atoms with Crippen LogP contribution in [0.1, 0.15) is 25.0 Å². The number of nitrogens with zero attached hydrogens (tertiary/aromatic N) is 4. The lowest BCUT2D eigenvalue weighted by Crippen LogP contribution is -2.14. The normalized spacial score (nSPS) is 13.2. The van der Waals surface area contributed by atoms with Gasteiger partial charge >= 0.3 is 0 Å². The van der Waals surface area contributed by atoms with E-state index in [0.717, 1.165) is 43.7 Å². The van der Waals surface area contributed by atoms with Gasteiger partial charge in [0.05, 0.1) is 11.0 Å². The van der Waals surface area contributed by atoms with Crippen LogP contribution >= 0.6 is 0 Å². The van der Waals surface area contributed by atoms with Crippen molar-refractivity contribution in [1.29, 1.82) is 0 Å². The summed E-state index contributed by atoms with van der Waals surface area (Å²) in [6.07, 6.45) is 0. The van der Waals surface area contributed by atoms with Gasteiger partial charge in [-0.2, -0.15) is 0 Å². The van der Waals surface area contributed by atoms with Crippen LogP contribution in [0, 0.1) is 0 Å². The highest BCUT2D eigenvalue weighted by atomic mass is 16.4. The molecule has 11 heteroatoms. The standard InChI is InChI=1S/C54H34N4O7/c1-54(2)35-16-6-3-11-27(35)33-24-34-28-12-4-7-17-37(28)58(38(34)25-36(33)54)26-21-22-30-42(23-26)65-41-20-10-15-32(44(30)41)52-55-51(31-14-9-19-40-43(31)29-13-5-8-18-39(29)64-40)56-53(57-52)45-46(59)48(61)50(63)49(62)47(45)60/h3-25,59-63H,1-2H3. The van der Waals surface area contributed by atoms with E-state index in [9.17, 15) is 25.5 Å². The van der Waals surface area contributed by atoms with Gasteiger partial charge in [0.1, 0.15) is 27.9 Å². The first kappa shape index (κ1) is 36.8. The number of hydrogen-bond acceptors (Lipinski definition) is 10. The summed E-state index contributed by atoms with van der Waals surface area (Å²) in [6, 6.07) is 46.6. The second-order valence-electron chi connectivity index (χ2n) is 17.1. The van der Waals surface area contributed by atoms with Gasteiger partial charge in [-0.25, -0.2) is 15.0 Å². The maximum Gasteiger partial charge on any atom is 0.208 e. The molecule has 1 aliphatic rings. The minimum absolute atomic E-state index is 0.137. The van der Waals surface area contributed by atoms with Crippen LogP contribution < -0.4 is 0 Å². The van der Waals surface area contributed by atoms with Crippen LogP contribution in [0.25, 0.3) is 117 Å². The topological polar surface area (TPSA) is 171 Å². The summed E-state index contributed by atoms with van der Waals surface area (Å²) >= 11 is 0. The Balaban J connectivity index is 1.04. The molecule has 0 bridgehead atoms. The van der Waals surface area contributed by atoms with E-state index in [0.29, 0.717) is 38.8 Å². The van der Waals surface area contributed by atoms with E-state index in [-0.39, 0.29) is 22.9 Å². The van der Waals surface area contributed by atoms with Crippen molar-refractivity contribution < 1.29 is 34.4 Å². The van der Waals surface area contributed by atoms with E-state index in [4.69, 9.17) is 23.8 Å². The molecule has 0 aliphatic heterocycles. The fraction of sp³-hybridized carbons (Fsp3) is 0.0556. The van der Waals surface area contributed by atoms with Crippen LogP contribution in [-0.2, 0) is 5.41 Å². The van der Waals surface area contributed by atoms with Gasteiger partial charge in [-0.1, -0.05) is 98.8 Å². The van der Waals surface area contributed by atoms with E-state index in [1.54, 1.807) is 0 Å². The van der Waals surface area contributed by atoms with Crippen LogP contribution in [0.2, 0.25) is 0 Å². The lowest BCUT2D eigenvalue weighted by atomic mass is 9.82. The number of para-hydroxylation sites is 2. The molecule has 4 aromatic heterocycles. The van der Waals surface area contributed by atoms with Crippen LogP contribution in [0.15, 0.2) is 148 Å². The molecule has 0 radical (unpaired) electrons. The van der Waals surface area contributed by atoms with E-state index in [1.807, 2.05) is 72.8 Å². The molecule has 1 aliphatic carbocycles. The summed E-state index contributed by atoms with van der Waals surface area (Å²) in [5, 5.41) is 59.2. The molecule has 12 aromatic rings. The first-order valence-corrected chi connectivity index (χ1v) is 21.1. The molecule has 5 N–H and O–H groups in total. The molecule has 0 saturated carbocycles. The summed E-state index contributed by atoms with van der Waals surface area (Å²) in [6.45, 7) is 4.58. The first-order valence-electron chi connectivity index (χ1n) is 21.1. The fourth-order valence-corrected chi connectivity index (χ4v) is 10.2. The number of benzene rings is 8. The first-order chi connectivity index (χ1) is 31.6. The highest BCUT2D eigenvalue weighted by molar-refractivity contribution is 6.15. The lowest BCUT2D eigenvalue weighted by Gasteiger charge is -2.21. The molecule has 4 heterocycles. The van der Waals surface area contributed by atoms with Gasteiger partial charge in [0, 0.05) is 60.6 Å². The molecule has 8 aromatic carbocycles. The quantitative estimate of drug-likeness (QED) is 0.0848. The van der Waals surface area contributed by atoms with Crippen molar-refractivity contribution >= 4 is 65.7 Å². The highest BCUT2D eigenvalue weighted by Gasteiger charge is 2.36. The smallest absolute Gasteiger partial charge is 0.208 e. The third kappa shape index (κ3) is 4.97. The Morgan fingerprint density at radius 1 is 0.415 bits per heavy atom. The predicted octanol–water partition coefficient (Wildman–Crippen LogP) is 12.6. The van der Waals surface area contributed by atoms with Gasteiger partial charge < -0.3 is 38.9 Å². The third-order valence-corrected chi connectivity index (χ3v) is 13.2. The van der Waals surface area contributed by atoms with Crippen LogP contribution in [0.4, 0.5) is 0 Å². The van der Waals surface area contributed by atoms with Crippen molar-refractivity contribution in [3.8, 4) is 79.7 Å². The number of hydrogen-bond donors (Lipinski definition) is 5. The molecule has 0 unspecified atom stereocenters. The Labute approximate surface area is 368 Å². The molecule has 13 rings (SSSR count). The number of furan rings is 2. The average Bonchev–Trinajstić information content (AvgIpc) is 4.06. The lowest BCUT2D eigenvalue weighted by molar-refractivity contribution is 0.329. The number of aromatic hydroxyl groups is 5. The number of fused-ring (bicyclic) bond motifs is 12. The van der Waals surface area contributed by atoms with Crippen molar-refractivity contribution in [3.05, 3.63) is 151 Å². The molecule has 312 valence electrons. The van der Waals surface area contributed by atoms with E-state index in [2.05, 4.69) is 85.1 Å². The van der Waals surface area contributed by atoms with Crippen LogP contribution in [0.5, 0.6) is 28.7 Å². The highest BCUT2D eigenvalue weighted by Crippen LogP contribution is 2.55. The Morgan fingerprint density at radius 2 is 0.969 bits per heavy atom. The van der Waals surface area contributed by atoms with Crippen LogP contribution in [0.3, 0.4) is 0 Å². The summed E-state index contributed by atoms with van der Waals surface area (Å²) in [7, 11) is 0. The molecule has 0 spiro atoms. The van der Waals surface area contributed by atoms with E-state index in [1.165, 1.54) is 22.3 Å². The molecule has 0 amide bonds. The van der Waals surface area contributed by atoms with Crippen molar-refractivity contribution in [2.24, 2.45) is 0 Å². The molecule has 11 nitrogen and oxygen atoms in total. The fourth-order valence-electron chi connectivity index (χ4n) is 10.2. The van der Waals surface area contributed by atoms with Crippen molar-refractivity contribution in [3.63, 3.8) is 0 Å². The van der Waals surface area contributed by atoms with Gasteiger partial charge in [0.2, 0.25) is 17.2 Å². The molecule has 65 heavy (non-hydrogen) atoms. The van der Waals surface area contributed by atoms with Gasteiger partial charge in [-0.15, -0.1) is 0 Å². The Hall–Kier alpha value is -8.83. The monoisotopic (exact) mass is 850 g/mol. The summed E-state index contributed by atoms with van der Waals surface area (Å²) in [5.41, 5.74) is 11.0. The molecule has 0 atom stereocenters. The Kier molecular flexibility index (Phi) is 7.28. The maximum absolute atomic E-state index is 11.2. The zero-order valence-electron chi connectivity index (χ0n) is 34.6. The molecular weight excluding hydrogens is 817 g/mol. The predicted molar refractivity (Wildman–Crippen MR) is 251 cm³/mol. The number of rotatable bonds is 4. The zero-order chi connectivity index (χ0) is 44.0. The Bertz CT molecular complexity index is 4040. The minimum atomic E-state index is -1.10. The molecule has 0 fully saturated rings. The van der Waals surface area contributed by atoms with E-state index >= 15 is 0 Å². The number of phenolic OH excluding ortho intramolecular Hbond substituents is 5. The van der Waals surface area contributed by atoms with Gasteiger partial charge in [-0.05, 0) is 70.8 Å². The second kappa shape index (κ2) is 12.9. The third-order valence-electron chi connectivity index (χ3n) is 13.2. The van der Waals surface area contributed by atoms with Crippen molar-refractivity contribution in [2.75, 3.05) is 0 Å². The van der Waals surface area contributed by atoms with Crippen molar-refractivity contribution in [1.82, 2.24) is 19.5 Å². The summed E-state index contributed by atoms with van der Waals surface area (Å²) in [4.78, 5) is 14.5. The Morgan fingerprint density at radius 3 is 1.69 bits per heavy atom. The van der Waals surface area contributed by atoms with Crippen molar-refractivity contribution in [2.45, 2.75) is 19.3 Å². The van der Waals surface area contributed by atoms with Crippen LogP contribution in [-0.4, -0.2) is 45.1 Å². The second-order valence-corrected chi connectivity index (χ2v) is 17.1. The average molecular weight is 851 g/mol. The molecule has 0 saturated heterocycles. The van der Waals surface area contributed by atoms with Gasteiger partial charge in [0.15, 0.2) is 29.0 Å².